The van der Waals surface area contributed by atoms with Gasteiger partial charge in [-0.15, -0.1) is 0 Å². The van der Waals surface area contributed by atoms with Crippen molar-refractivity contribution in [3.8, 4) is 0 Å². The van der Waals surface area contributed by atoms with E-state index in [9.17, 15) is 10.1 Å². The number of nitro benzene ring substituents is 1. The van der Waals surface area contributed by atoms with Gasteiger partial charge in [-0.05, 0) is 29.5 Å². The first-order chi connectivity index (χ1) is 10.2. The molecule has 0 bridgehead atoms. The number of non-ortho nitro benzene ring substituents is 1. The molecule has 0 unspecified atom stereocenters. The Kier molecular flexibility index (Phi) is 4.93. The van der Waals surface area contributed by atoms with Gasteiger partial charge in [-0.2, -0.15) is 0 Å². The number of rotatable bonds is 6. The number of hydrogen-bond acceptors (Lipinski definition) is 3. The topological polar surface area (TPSA) is 55.2 Å². The molecule has 2 aromatic carbocycles. The van der Waals surface area contributed by atoms with Gasteiger partial charge in [0.15, 0.2) is 0 Å². The summed E-state index contributed by atoms with van der Waals surface area (Å²) < 4.78 is 0. The third-order valence-corrected chi connectivity index (χ3v) is 3.59. The summed E-state index contributed by atoms with van der Waals surface area (Å²) in [5, 5.41) is 14.3. The maximum atomic E-state index is 10.8. The predicted octanol–water partition coefficient (Wildman–Crippen LogP) is 4.33. The number of hydrogen-bond donors (Lipinski definition) is 1. The first kappa shape index (κ1) is 15.0. The van der Waals surface area contributed by atoms with E-state index in [0.29, 0.717) is 6.54 Å². The van der Waals surface area contributed by atoms with Gasteiger partial charge in [-0.1, -0.05) is 44.2 Å². The van der Waals surface area contributed by atoms with Crippen LogP contribution in [0.1, 0.15) is 30.5 Å². The van der Waals surface area contributed by atoms with E-state index >= 15 is 0 Å². The molecule has 0 aromatic heterocycles. The lowest BCUT2D eigenvalue weighted by atomic mass is 10.0. The summed E-state index contributed by atoms with van der Waals surface area (Å²) in [4.78, 5) is 10.5. The maximum Gasteiger partial charge on any atom is 0.269 e. The normalized spacial score (nSPS) is 10.4. The lowest BCUT2D eigenvalue weighted by Crippen LogP contribution is -2.05. The van der Waals surface area contributed by atoms with Crippen molar-refractivity contribution in [2.45, 2.75) is 33.2 Å². The van der Waals surface area contributed by atoms with Crippen LogP contribution in [0.25, 0.3) is 0 Å². The van der Waals surface area contributed by atoms with Gasteiger partial charge < -0.3 is 5.32 Å². The molecular weight excluding hydrogens is 264 g/mol. The monoisotopic (exact) mass is 284 g/mol. The van der Waals surface area contributed by atoms with Crippen LogP contribution in [-0.4, -0.2) is 4.92 Å². The SMILES string of the molecule is CCc1cccc(CC)c1NCc1cccc([N+](=O)[O-])c1. The molecule has 2 rings (SSSR count). The minimum absolute atomic E-state index is 0.133. The summed E-state index contributed by atoms with van der Waals surface area (Å²) >= 11 is 0. The zero-order chi connectivity index (χ0) is 15.2. The number of benzene rings is 2. The number of nitrogens with one attached hydrogen (secondary N) is 1. The Balaban J connectivity index is 2.20. The van der Waals surface area contributed by atoms with Crippen molar-refractivity contribution >= 4 is 11.4 Å². The smallest absolute Gasteiger partial charge is 0.269 e. The molecule has 1 N–H and O–H groups in total. The summed E-state index contributed by atoms with van der Waals surface area (Å²) in [6.45, 7) is 4.85. The molecule has 0 aliphatic heterocycles. The Hall–Kier alpha value is -2.36. The lowest BCUT2D eigenvalue weighted by Gasteiger charge is -2.15. The second-order valence-corrected chi connectivity index (χ2v) is 4.94. The summed E-state index contributed by atoms with van der Waals surface area (Å²) in [6.07, 6.45) is 1.93. The van der Waals surface area contributed by atoms with E-state index in [1.807, 2.05) is 6.07 Å². The fraction of sp³-hybridized carbons (Fsp3) is 0.294. The number of nitro groups is 1. The summed E-state index contributed by atoms with van der Waals surface area (Å²) in [5.74, 6) is 0. The minimum Gasteiger partial charge on any atom is -0.381 e. The zero-order valence-electron chi connectivity index (χ0n) is 12.4. The van der Waals surface area contributed by atoms with E-state index in [1.165, 1.54) is 17.2 Å². The Morgan fingerprint density at radius 1 is 1.05 bits per heavy atom. The highest BCUT2D eigenvalue weighted by Crippen LogP contribution is 2.23. The van der Waals surface area contributed by atoms with Crippen LogP contribution in [0.15, 0.2) is 42.5 Å². The molecule has 0 saturated heterocycles. The minimum atomic E-state index is -0.360. The Bertz CT molecular complexity index is 616. The third-order valence-electron chi connectivity index (χ3n) is 3.59. The largest absolute Gasteiger partial charge is 0.381 e. The summed E-state index contributed by atoms with van der Waals surface area (Å²) in [6, 6.07) is 13.1. The van der Waals surface area contributed by atoms with Crippen molar-refractivity contribution in [1.82, 2.24) is 0 Å². The highest BCUT2D eigenvalue weighted by atomic mass is 16.6. The van der Waals surface area contributed by atoms with E-state index in [0.717, 1.165) is 24.1 Å². The van der Waals surface area contributed by atoms with Gasteiger partial charge in [0.1, 0.15) is 0 Å². The first-order valence-electron chi connectivity index (χ1n) is 7.23. The molecule has 2 aromatic rings. The zero-order valence-corrected chi connectivity index (χ0v) is 12.4. The van der Waals surface area contributed by atoms with Crippen LogP contribution in [0.4, 0.5) is 11.4 Å². The van der Waals surface area contributed by atoms with Gasteiger partial charge in [0.05, 0.1) is 4.92 Å². The van der Waals surface area contributed by atoms with Crippen molar-refractivity contribution in [1.29, 1.82) is 0 Å². The van der Waals surface area contributed by atoms with Gasteiger partial charge in [-0.3, -0.25) is 10.1 Å². The first-order valence-corrected chi connectivity index (χ1v) is 7.23. The van der Waals surface area contributed by atoms with Crippen molar-refractivity contribution in [2.75, 3.05) is 5.32 Å². The van der Waals surface area contributed by atoms with Crippen LogP contribution >= 0.6 is 0 Å². The number of anilines is 1. The molecule has 0 saturated carbocycles. The highest BCUT2D eigenvalue weighted by Gasteiger charge is 2.08. The van der Waals surface area contributed by atoms with E-state index in [4.69, 9.17) is 0 Å². The summed E-state index contributed by atoms with van der Waals surface area (Å²) in [7, 11) is 0. The Morgan fingerprint density at radius 3 is 2.24 bits per heavy atom. The molecule has 0 heterocycles. The van der Waals surface area contributed by atoms with Crippen molar-refractivity contribution in [3.05, 3.63) is 69.3 Å². The quantitative estimate of drug-likeness (QED) is 0.634. The standard InChI is InChI=1S/C17H20N2O2/c1-3-14-8-6-9-15(4-2)17(14)18-12-13-7-5-10-16(11-13)19(20)21/h5-11,18H,3-4,12H2,1-2H3. The van der Waals surface area contributed by atoms with Gasteiger partial charge >= 0.3 is 0 Å². The molecule has 0 spiro atoms. The Morgan fingerprint density at radius 2 is 1.67 bits per heavy atom. The third kappa shape index (κ3) is 3.60. The average molecular weight is 284 g/mol. The molecule has 110 valence electrons. The van der Waals surface area contributed by atoms with E-state index in [1.54, 1.807) is 12.1 Å². The van der Waals surface area contributed by atoms with E-state index in [2.05, 4.69) is 37.4 Å². The average Bonchev–Trinajstić information content (AvgIpc) is 2.52. The summed E-state index contributed by atoms with van der Waals surface area (Å²) in [5.41, 5.74) is 4.76. The van der Waals surface area contributed by atoms with Crippen LogP contribution in [-0.2, 0) is 19.4 Å². The fourth-order valence-electron chi connectivity index (χ4n) is 2.44. The van der Waals surface area contributed by atoms with Crippen molar-refractivity contribution in [2.24, 2.45) is 0 Å². The molecule has 0 aliphatic rings. The van der Waals surface area contributed by atoms with Crippen LogP contribution in [0.5, 0.6) is 0 Å². The van der Waals surface area contributed by atoms with Crippen LogP contribution in [0, 0.1) is 10.1 Å². The maximum absolute atomic E-state index is 10.8. The second-order valence-electron chi connectivity index (χ2n) is 4.94. The Labute approximate surface area is 125 Å². The molecule has 0 radical (unpaired) electrons. The molecule has 0 amide bonds. The molecule has 21 heavy (non-hydrogen) atoms. The second kappa shape index (κ2) is 6.88. The number of aryl methyl sites for hydroxylation is 2. The molecular formula is C17H20N2O2. The highest BCUT2D eigenvalue weighted by molar-refractivity contribution is 5.58. The molecule has 0 aliphatic carbocycles. The van der Waals surface area contributed by atoms with Crippen LogP contribution in [0.2, 0.25) is 0 Å². The van der Waals surface area contributed by atoms with Crippen molar-refractivity contribution < 1.29 is 4.92 Å². The molecule has 4 nitrogen and oxygen atoms in total. The molecule has 0 atom stereocenters. The van der Waals surface area contributed by atoms with Crippen LogP contribution < -0.4 is 5.32 Å². The van der Waals surface area contributed by atoms with Gasteiger partial charge in [0.25, 0.3) is 5.69 Å². The predicted molar refractivity (Wildman–Crippen MR) is 85.6 cm³/mol. The molecule has 0 fully saturated rings. The van der Waals surface area contributed by atoms with Gasteiger partial charge in [0.2, 0.25) is 0 Å². The van der Waals surface area contributed by atoms with Gasteiger partial charge in [-0.25, -0.2) is 0 Å². The lowest BCUT2D eigenvalue weighted by molar-refractivity contribution is -0.384. The van der Waals surface area contributed by atoms with Crippen molar-refractivity contribution in [3.63, 3.8) is 0 Å². The van der Waals surface area contributed by atoms with E-state index in [-0.39, 0.29) is 10.6 Å². The number of nitrogens with zero attached hydrogens (tertiary/aromatic N) is 1. The fourth-order valence-corrected chi connectivity index (χ4v) is 2.44. The van der Waals surface area contributed by atoms with Crippen LogP contribution in [0.3, 0.4) is 0 Å². The number of para-hydroxylation sites is 1. The van der Waals surface area contributed by atoms with Gasteiger partial charge in [0, 0.05) is 24.4 Å². The van der Waals surface area contributed by atoms with E-state index < -0.39 is 0 Å². The molecule has 4 heteroatoms.